The maximum Gasteiger partial charge on any atom is 0.408 e. The van der Waals surface area contributed by atoms with Gasteiger partial charge < -0.3 is 14.8 Å². The number of ether oxygens (including phenoxy) is 2. The third-order valence-electron chi connectivity index (χ3n) is 4.58. The lowest BCUT2D eigenvalue weighted by atomic mass is 9.96. The number of carbonyl (C=O) groups is 2. The lowest BCUT2D eigenvalue weighted by Gasteiger charge is -2.25. The minimum Gasteiger partial charge on any atom is -0.458 e. The van der Waals surface area contributed by atoms with Gasteiger partial charge in [-0.05, 0) is 65.7 Å². The van der Waals surface area contributed by atoms with Gasteiger partial charge in [0.15, 0.2) is 0 Å². The number of sulfonamides is 1. The summed E-state index contributed by atoms with van der Waals surface area (Å²) >= 11 is 0. The monoisotopic (exact) mass is 620 g/mol. The van der Waals surface area contributed by atoms with Crippen LogP contribution in [0.1, 0.15) is 65.9 Å². The van der Waals surface area contributed by atoms with E-state index in [0.717, 1.165) is 30.5 Å². The predicted molar refractivity (Wildman–Crippen MR) is 139 cm³/mol. The molecular weight excluding hydrogens is 589 g/mol. The number of nitrogens with zero attached hydrogens (tertiary/aromatic N) is 1. The summed E-state index contributed by atoms with van der Waals surface area (Å²) in [6.07, 6.45) is -6.41. The number of alkyl halides is 3. The van der Waals surface area contributed by atoms with E-state index in [1.165, 1.54) is 0 Å². The van der Waals surface area contributed by atoms with Gasteiger partial charge >= 0.3 is 18.2 Å². The molecule has 39 heavy (non-hydrogen) atoms. The Labute approximate surface area is 230 Å². The number of amides is 1. The molecule has 0 bridgehead atoms. The fourth-order valence-electron chi connectivity index (χ4n) is 3.00. The number of carbonyl (C=O) groups excluding carboxylic acids is 2. The van der Waals surface area contributed by atoms with Crippen LogP contribution in [-0.2, 0) is 33.3 Å². The van der Waals surface area contributed by atoms with Crippen molar-refractivity contribution in [3.05, 3.63) is 29.8 Å². The first-order valence-electron chi connectivity index (χ1n) is 11.5. The van der Waals surface area contributed by atoms with Gasteiger partial charge in [0.05, 0.1) is 16.6 Å². The number of nitrogens with one attached hydrogen (secondary N) is 1. The van der Waals surface area contributed by atoms with Crippen molar-refractivity contribution in [1.82, 2.24) is 5.32 Å². The standard InChI is InChI=1S/C23H32ClF3N2O8S2/c1-21(2,3)36-19(30)18(29-20(31)37-22(4,5)6)11-13-28-38(32,33)14-12-17(23(25,26)27)15-7-9-16(10-8-15)39(24,34)35/h7-10,13,17-18H,11-12,14H2,1-6H3,(H,29,31)/t17?,18-/m0/s1. The number of hydrogen-bond acceptors (Lipinski definition) is 8. The molecule has 1 amide bonds. The van der Waals surface area contributed by atoms with Crippen LogP contribution < -0.4 is 5.32 Å². The van der Waals surface area contributed by atoms with Crippen LogP contribution in [0.2, 0.25) is 0 Å². The molecule has 0 aromatic heterocycles. The summed E-state index contributed by atoms with van der Waals surface area (Å²) in [6, 6.07) is 2.18. The average molecular weight is 621 g/mol. The van der Waals surface area contributed by atoms with E-state index in [9.17, 15) is 39.6 Å². The highest BCUT2D eigenvalue weighted by Crippen LogP contribution is 2.38. The first-order chi connectivity index (χ1) is 17.4. The van der Waals surface area contributed by atoms with Crippen molar-refractivity contribution in [2.45, 2.75) is 88.6 Å². The molecule has 0 heterocycles. The highest BCUT2D eigenvalue weighted by molar-refractivity contribution is 8.13. The van der Waals surface area contributed by atoms with Crippen LogP contribution in [0.3, 0.4) is 0 Å². The maximum atomic E-state index is 13.7. The highest BCUT2D eigenvalue weighted by Gasteiger charge is 2.41. The smallest absolute Gasteiger partial charge is 0.408 e. The first-order valence-corrected chi connectivity index (χ1v) is 15.4. The van der Waals surface area contributed by atoms with Crippen molar-refractivity contribution in [1.29, 1.82) is 0 Å². The maximum absolute atomic E-state index is 13.7. The van der Waals surface area contributed by atoms with E-state index in [-0.39, 0.29) is 5.56 Å². The van der Waals surface area contributed by atoms with Crippen LogP contribution in [0.5, 0.6) is 0 Å². The van der Waals surface area contributed by atoms with E-state index in [0.29, 0.717) is 0 Å². The zero-order valence-electron chi connectivity index (χ0n) is 22.2. The summed E-state index contributed by atoms with van der Waals surface area (Å²) in [6.45, 7) is 9.50. The van der Waals surface area contributed by atoms with Crippen molar-refractivity contribution in [3.63, 3.8) is 0 Å². The largest absolute Gasteiger partial charge is 0.458 e. The summed E-state index contributed by atoms with van der Waals surface area (Å²) in [7, 11) is -3.42. The molecular formula is C23H32ClF3N2O8S2. The predicted octanol–water partition coefficient (Wildman–Crippen LogP) is 4.68. The molecule has 0 fully saturated rings. The number of halogens is 4. The van der Waals surface area contributed by atoms with Gasteiger partial charge in [0.1, 0.15) is 17.2 Å². The second-order valence-corrected chi connectivity index (χ2v) is 14.8. The van der Waals surface area contributed by atoms with Gasteiger partial charge in [-0.15, -0.1) is 0 Å². The molecule has 10 nitrogen and oxygen atoms in total. The van der Waals surface area contributed by atoms with Gasteiger partial charge in [-0.3, -0.25) is 0 Å². The average Bonchev–Trinajstić information content (AvgIpc) is 2.69. The molecule has 1 rings (SSSR count). The highest BCUT2D eigenvalue weighted by atomic mass is 35.7. The van der Waals surface area contributed by atoms with Crippen LogP contribution >= 0.6 is 10.7 Å². The molecule has 0 saturated heterocycles. The Balaban J connectivity index is 3.02. The summed E-state index contributed by atoms with van der Waals surface area (Å²) in [5.41, 5.74) is -2.20. The Morgan fingerprint density at radius 1 is 0.974 bits per heavy atom. The molecule has 16 heteroatoms. The van der Waals surface area contributed by atoms with Crippen molar-refractivity contribution < 1.29 is 49.1 Å². The summed E-state index contributed by atoms with van der Waals surface area (Å²) in [4.78, 5) is 24.2. The Morgan fingerprint density at radius 2 is 1.49 bits per heavy atom. The van der Waals surface area contributed by atoms with Crippen molar-refractivity contribution in [2.75, 3.05) is 5.75 Å². The van der Waals surface area contributed by atoms with Gasteiger partial charge in [-0.25, -0.2) is 26.4 Å². The minimum absolute atomic E-state index is 0.364. The summed E-state index contributed by atoms with van der Waals surface area (Å²) in [5, 5.41) is 2.27. The van der Waals surface area contributed by atoms with Crippen LogP contribution in [0.4, 0.5) is 18.0 Å². The fraction of sp³-hybridized carbons (Fsp3) is 0.609. The van der Waals surface area contributed by atoms with Crippen LogP contribution in [-0.4, -0.2) is 64.3 Å². The minimum atomic E-state index is -4.85. The van der Waals surface area contributed by atoms with E-state index in [1.807, 2.05) is 0 Å². The third kappa shape index (κ3) is 13.5. The molecule has 0 radical (unpaired) electrons. The molecule has 0 spiro atoms. The number of esters is 1. The Bertz CT molecular complexity index is 1250. The first kappa shape index (κ1) is 34.6. The SMILES string of the molecule is CC(C)(C)OC(=O)N[C@@H](CC=NS(=O)(=O)CCC(c1ccc(S(=O)(=O)Cl)cc1)C(F)(F)F)C(=O)OC(C)(C)C. The zero-order chi connectivity index (χ0) is 30.4. The van der Waals surface area contributed by atoms with Gasteiger partial charge in [0.2, 0.25) is 0 Å². The van der Waals surface area contributed by atoms with Crippen LogP contribution in [0.25, 0.3) is 0 Å². The lowest BCUT2D eigenvalue weighted by molar-refractivity contribution is -0.157. The second kappa shape index (κ2) is 12.9. The quantitative estimate of drug-likeness (QED) is 0.226. The number of benzene rings is 1. The number of alkyl carbamates (subject to hydrolysis) is 1. The molecule has 0 aliphatic rings. The van der Waals surface area contributed by atoms with Gasteiger partial charge in [-0.1, -0.05) is 12.1 Å². The number of hydrogen-bond donors (Lipinski definition) is 1. The van der Waals surface area contributed by atoms with E-state index in [1.54, 1.807) is 41.5 Å². The van der Waals surface area contributed by atoms with Crippen LogP contribution in [0, 0.1) is 0 Å². The molecule has 0 saturated carbocycles. The molecule has 1 aromatic rings. The van der Waals surface area contributed by atoms with Crippen LogP contribution in [0.15, 0.2) is 33.6 Å². The Kier molecular flexibility index (Phi) is 11.4. The second-order valence-electron chi connectivity index (χ2n) is 10.4. The van der Waals surface area contributed by atoms with E-state index < -0.39 is 84.0 Å². The van der Waals surface area contributed by atoms with Gasteiger partial charge in [0.25, 0.3) is 19.1 Å². The summed E-state index contributed by atoms with van der Waals surface area (Å²) < 4.78 is 102. The lowest BCUT2D eigenvalue weighted by Crippen LogP contribution is -2.46. The summed E-state index contributed by atoms with van der Waals surface area (Å²) in [5.74, 6) is -4.16. The molecule has 2 atom stereocenters. The van der Waals surface area contributed by atoms with Gasteiger partial charge in [0, 0.05) is 23.3 Å². The van der Waals surface area contributed by atoms with Crippen molar-refractivity contribution >= 4 is 48.0 Å². The zero-order valence-corrected chi connectivity index (χ0v) is 24.6. The molecule has 0 aliphatic heterocycles. The molecule has 0 aliphatic carbocycles. The molecule has 1 N–H and O–H groups in total. The number of rotatable bonds is 10. The Hall–Kier alpha value is -2.39. The fourth-order valence-corrected chi connectivity index (χ4v) is 4.72. The van der Waals surface area contributed by atoms with Crippen molar-refractivity contribution in [3.8, 4) is 0 Å². The molecule has 1 aromatic carbocycles. The van der Waals surface area contributed by atoms with Gasteiger partial charge in [-0.2, -0.15) is 17.6 Å². The Morgan fingerprint density at radius 3 is 1.92 bits per heavy atom. The van der Waals surface area contributed by atoms with E-state index in [2.05, 4.69) is 9.71 Å². The molecule has 1 unspecified atom stereocenters. The van der Waals surface area contributed by atoms with Crippen molar-refractivity contribution in [2.24, 2.45) is 4.40 Å². The normalized spacial score (nSPS) is 15.0. The topological polar surface area (TPSA) is 145 Å². The molecule has 222 valence electrons. The van der Waals surface area contributed by atoms with E-state index in [4.69, 9.17) is 20.2 Å². The third-order valence-corrected chi connectivity index (χ3v) is 7.17. The van der Waals surface area contributed by atoms with E-state index >= 15 is 0 Å².